The third kappa shape index (κ3) is 3.51. The highest BCUT2D eigenvalue weighted by Gasteiger charge is 2.07. The van der Waals surface area contributed by atoms with Gasteiger partial charge in [0.15, 0.2) is 0 Å². The summed E-state index contributed by atoms with van der Waals surface area (Å²) in [6.07, 6.45) is 1.48. The summed E-state index contributed by atoms with van der Waals surface area (Å²) in [4.78, 5) is 16.0. The second kappa shape index (κ2) is 5.95. The largest absolute Gasteiger partial charge is 0.370 e. The Kier molecular flexibility index (Phi) is 4.07. The molecule has 1 aromatic heterocycles. The van der Waals surface area contributed by atoms with Crippen molar-refractivity contribution in [2.75, 3.05) is 17.2 Å². The lowest BCUT2D eigenvalue weighted by molar-refractivity contribution is 0.102. The predicted molar refractivity (Wildman–Crippen MR) is 72.8 cm³/mol. The van der Waals surface area contributed by atoms with Gasteiger partial charge < -0.3 is 10.6 Å². The molecule has 4 nitrogen and oxygen atoms in total. The van der Waals surface area contributed by atoms with Crippen LogP contribution in [0.2, 0.25) is 0 Å². The topological polar surface area (TPSA) is 54.0 Å². The number of pyridine rings is 1. The number of carbonyl (C=O) groups excluding carboxylic acids is 1. The number of carbonyl (C=O) groups is 1. The van der Waals surface area contributed by atoms with Crippen molar-refractivity contribution in [2.24, 2.45) is 0 Å². The average Bonchev–Trinajstić information content (AvgIpc) is 2.40. The third-order valence-electron chi connectivity index (χ3n) is 2.47. The number of nitrogens with one attached hydrogen (secondary N) is 2. The van der Waals surface area contributed by atoms with E-state index in [1.807, 2.05) is 6.92 Å². The summed E-state index contributed by atoms with van der Waals surface area (Å²) in [7, 11) is 0. The number of aromatic nitrogens is 1. The molecular formula is C14H14FN3O. The molecule has 2 aromatic rings. The molecule has 2 rings (SSSR count). The van der Waals surface area contributed by atoms with E-state index in [1.54, 1.807) is 18.2 Å². The van der Waals surface area contributed by atoms with Crippen molar-refractivity contribution < 1.29 is 9.18 Å². The van der Waals surface area contributed by atoms with E-state index >= 15 is 0 Å². The predicted octanol–water partition coefficient (Wildman–Crippen LogP) is 2.90. The zero-order chi connectivity index (χ0) is 13.7. The van der Waals surface area contributed by atoms with Crippen molar-refractivity contribution in [3.63, 3.8) is 0 Å². The SMILES string of the molecule is CCNc1ccc(C(=O)Nc2cccc(F)c2)cn1. The molecule has 98 valence electrons. The van der Waals surface area contributed by atoms with E-state index in [1.165, 1.54) is 24.4 Å². The summed E-state index contributed by atoms with van der Waals surface area (Å²) in [6.45, 7) is 2.73. The Balaban J connectivity index is 2.07. The molecule has 0 unspecified atom stereocenters. The highest BCUT2D eigenvalue weighted by atomic mass is 19.1. The number of anilines is 2. The molecule has 0 aliphatic heterocycles. The molecule has 2 N–H and O–H groups in total. The first-order valence-corrected chi connectivity index (χ1v) is 5.96. The Morgan fingerprint density at radius 3 is 2.79 bits per heavy atom. The third-order valence-corrected chi connectivity index (χ3v) is 2.47. The highest BCUT2D eigenvalue weighted by molar-refractivity contribution is 6.04. The number of nitrogens with zero attached hydrogens (tertiary/aromatic N) is 1. The zero-order valence-electron chi connectivity index (χ0n) is 10.5. The number of amides is 1. The summed E-state index contributed by atoms with van der Waals surface area (Å²) >= 11 is 0. The number of rotatable bonds is 4. The fourth-order valence-corrected chi connectivity index (χ4v) is 1.58. The maximum atomic E-state index is 13.0. The minimum atomic E-state index is -0.390. The first-order valence-electron chi connectivity index (χ1n) is 5.96. The van der Waals surface area contributed by atoms with Gasteiger partial charge in [-0.3, -0.25) is 4.79 Å². The number of hydrogen-bond acceptors (Lipinski definition) is 3. The van der Waals surface area contributed by atoms with E-state index in [0.717, 1.165) is 6.54 Å². The molecule has 0 saturated heterocycles. The van der Waals surface area contributed by atoms with Gasteiger partial charge in [-0.05, 0) is 37.3 Å². The first kappa shape index (κ1) is 13.0. The van der Waals surface area contributed by atoms with Crippen LogP contribution in [0.5, 0.6) is 0 Å². The van der Waals surface area contributed by atoms with Crippen molar-refractivity contribution in [3.8, 4) is 0 Å². The van der Waals surface area contributed by atoms with Gasteiger partial charge in [-0.15, -0.1) is 0 Å². The van der Waals surface area contributed by atoms with Crippen LogP contribution in [0, 0.1) is 5.82 Å². The van der Waals surface area contributed by atoms with Gasteiger partial charge in [0.1, 0.15) is 11.6 Å². The van der Waals surface area contributed by atoms with Gasteiger partial charge in [0.2, 0.25) is 0 Å². The summed E-state index contributed by atoms with van der Waals surface area (Å²) in [5.41, 5.74) is 0.840. The zero-order valence-corrected chi connectivity index (χ0v) is 10.5. The monoisotopic (exact) mass is 259 g/mol. The highest BCUT2D eigenvalue weighted by Crippen LogP contribution is 2.11. The van der Waals surface area contributed by atoms with Crippen LogP contribution >= 0.6 is 0 Å². The van der Waals surface area contributed by atoms with Crippen molar-refractivity contribution in [3.05, 3.63) is 54.0 Å². The Hall–Kier alpha value is -2.43. The van der Waals surface area contributed by atoms with Crippen molar-refractivity contribution in [1.29, 1.82) is 0 Å². The fraction of sp³-hybridized carbons (Fsp3) is 0.143. The van der Waals surface area contributed by atoms with Crippen molar-refractivity contribution >= 4 is 17.4 Å². The molecule has 0 aliphatic rings. The normalized spacial score (nSPS) is 10.0. The summed E-state index contributed by atoms with van der Waals surface area (Å²) < 4.78 is 13.0. The maximum absolute atomic E-state index is 13.0. The van der Waals surface area contributed by atoms with Gasteiger partial charge in [-0.2, -0.15) is 0 Å². The summed E-state index contributed by atoms with van der Waals surface area (Å²) in [5.74, 6) is 0.00405. The second-order valence-electron chi connectivity index (χ2n) is 3.93. The van der Waals surface area contributed by atoms with Crippen LogP contribution < -0.4 is 10.6 Å². The molecule has 0 saturated carbocycles. The van der Waals surface area contributed by atoms with Crippen LogP contribution in [-0.4, -0.2) is 17.4 Å². The maximum Gasteiger partial charge on any atom is 0.257 e. The van der Waals surface area contributed by atoms with E-state index in [2.05, 4.69) is 15.6 Å². The smallest absolute Gasteiger partial charge is 0.257 e. The van der Waals surface area contributed by atoms with Gasteiger partial charge in [0.05, 0.1) is 5.56 Å². The van der Waals surface area contributed by atoms with Gasteiger partial charge >= 0.3 is 0 Å². The summed E-state index contributed by atoms with van der Waals surface area (Å²) in [6, 6.07) is 9.14. The number of benzene rings is 1. The Morgan fingerprint density at radius 2 is 2.16 bits per heavy atom. The molecule has 5 heteroatoms. The minimum Gasteiger partial charge on any atom is -0.370 e. The molecule has 0 bridgehead atoms. The Morgan fingerprint density at radius 1 is 1.32 bits per heavy atom. The first-order chi connectivity index (χ1) is 9.19. The van der Waals surface area contributed by atoms with E-state index in [4.69, 9.17) is 0 Å². The number of halogens is 1. The van der Waals surface area contributed by atoms with Crippen molar-refractivity contribution in [1.82, 2.24) is 4.98 Å². The molecule has 1 heterocycles. The number of hydrogen-bond donors (Lipinski definition) is 2. The van der Waals surface area contributed by atoms with Crippen LogP contribution in [0.15, 0.2) is 42.6 Å². The molecule has 0 spiro atoms. The van der Waals surface area contributed by atoms with E-state index in [0.29, 0.717) is 17.1 Å². The van der Waals surface area contributed by atoms with Gasteiger partial charge in [-0.1, -0.05) is 6.07 Å². The van der Waals surface area contributed by atoms with Crippen LogP contribution in [0.25, 0.3) is 0 Å². The lowest BCUT2D eigenvalue weighted by Gasteiger charge is -2.06. The molecule has 0 radical (unpaired) electrons. The summed E-state index contributed by atoms with van der Waals surface area (Å²) in [5, 5.41) is 5.65. The molecule has 0 atom stereocenters. The van der Waals surface area contributed by atoms with Gasteiger partial charge in [0.25, 0.3) is 5.91 Å². The Bertz CT molecular complexity index is 569. The van der Waals surface area contributed by atoms with Gasteiger partial charge in [0, 0.05) is 18.4 Å². The van der Waals surface area contributed by atoms with Crippen LogP contribution in [-0.2, 0) is 0 Å². The molecular weight excluding hydrogens is 245 g/mol. The Labute approximate surface area is 110 Å². The van der Waals surface area contributed by atoms with E-state index < -0.39 is 5.82 Å². The van der Waals surface area contributed by atoms with Crippen LogP contribution in [0.4, 0.5) is 15.9 Å². The standard InChI is InChI=1S/C14H14FN3O/c1-2-16-13-7-6-10(9-17-13)14(19)18-12-5-3-4-11(15)8-12/h3-9H,2H2,1H3,(H,16,17)(H,18,19). The fourth-order valence-electron chi connectivity index (χ4n) is 1.58. The lowest BCUT2D eigenvalue weighted by atomic mass is 10.2. The van der Waals surface area contributed by atoms with E-state index in [9.17, 15) is 9.18 Å². The van der Waals surface area contributed by atoms with Gasteiger partial charge in [-0.25, -0.2) is 9.37 Å². The molecule has 1 aromatic carbocycles. The minimum absolute atomic E-state index is 0.318. The molecule has 0 fully saturated rings. The van der Waals surface area contributed by atoms with Crippen LogP contribution in [0.3, 0.4) is 0 Å². The van der Waals surface area contributed by atoms with Crippen molar-refractivity contribution in [2.45, 2.75) is 6.92 Å². The molecule has 1 amide bonds. The quantitative estimate of drug-likeness (QED) is 0.887. The average molecular weight is 259 g/mol. The lowest BCUT2D eigenvalue weighted by Crippen LogP contribution is -2.12. The molecule has 0 aliphatic carbocycles. The van der Waals surface area contributed by atoms with Crippen LogP contribution in [0.1, 0.15) is 17.3 Å². The second-order valence-corrected chi connectivity index (χ2v) is 3.93. The van der Waals surface area contributed by atoms with E-state index in [-0.39, 0.29) is 5.91 Å². The molecule has 19 heavy (non-hydrogen) atoms.